The lowest BCUT2D eigenvalue weighted by Crippen LogP contribution is -2.35. The van der Waals surface area contributed by atoms with Crippen molar-refractivity contribution in [1.29, 1.82) is 0 Å². The minimum atomic E-state index is -0.425. The number of amides is 1. The molecule has 0 aliphatic carbocycles. The summed E-state index contributed by atoms with van der Waals surface area (Å²) in [5, 5.41) is 3.47. The van der Waals surface area contributed by atoms with Crippen molar-refractivity contribution < 1.29 is 9.53 Å². The summed E-state index contributed by atoms with van der Waals surface area (Å²) in [6, 6.07) is 7.54. The van der Waals surface area contributed by atoms with Gasteiger partial charge in [-0.1, -0.05) is 29.8 Å². The first-order chi connectivity index (χ1) is 8.15. The molecule has 0 aliphatic heterocycles. The lowest BCUT2D eigenvalue weighted by Gasteiger charge is -2.16. The second-order valence-electron chi connectivity index (χ2n) is 3.69. The monoisotopic (exact) mass is 253 g/mol. The highest BCUT2D eigenvalue weighted by Gasteiger charge is 2.11. The van der Waals surface area contributed by atoms with Crippen LogP contribution in [0, 0.1) is 0 Å². The number of alkyl carbamates (subject to hydrolysis) is 1. The Balaban J connectivity index is 2.62. The fourth-order valence-corrected chi connectivity index (χ4v) is 1.65. The molecule has 0 radical (unpaired) electrons. The average molecular weight is 254 g/mol. The van der Waals surface area contributed by atoms with E-state index in [4.69, 9.17) is 11.6 Å². The quantitative estimate of drug-likeness (QED) is 0.819. The van der Waals surface area contributed by atoms with Crippen LogP contribution in [-0.2, 0) is 11.2 Å². The van der Waals surface area contributed by atoms with Crippen molar-refractivity contribution in [2.45, 2.75) is 18.9 Å². The van der Waals surface area contributed by atoms with Gasteiger partial charge < -0.3 is 10.1 Å². The molecule has 92 valence electrons. The highest BCUT2D eigenvalue weighted by atomic mass is 35.5. The zero-order valence-electron chi connectivity index (χ0n) is 9.78. The van der Waals surface area contributed by atoms with E-state index >= 15 is 0 Å². The third-order valence-electron chi connectivity index (χ3n) is 2.35. The van der Waals surface area contributed by atoms with Crippen molar-refractivity contribution in [3.05, 3.63) is 47.5 Å². The summed E-state index contributed by atoms with van der Waals surface area (Å²) < 4.78 is 4.58. The number of nitrogens with one attached hydrogen (secondary N) is 1. The number of benzene rings is 1. The summed E-state index contributed by atoms with van der Waals surface area (Å²) in [5.74, 6) is 0. The summed E-state index contributed by atoms with van der Waals surface area (Å²) >= 11 is 5.81. The van der Waals surface area contributed by atoms with Gasteiger partial charge in [0.05, 0.1) is 7.11 Å². The number of methoxy groups -OCH3 is 1. The molecule has 1 rings (SSSR count). The Kier molecular flexibility index (Phi) is 5.57. The second-order valence-corrected chi connectivity index (χ2v) is 4.12. The number of rotatable bonds is 5. The van der Waals surface area contributed by atoms with Gasteiger partial charge in [-0.3, -0.25) is 0 Å². The van der Waals surface area contributed by atoms with Gasteiger partial charge in [0.25, 0.3) is 0 Å². The third-order valence-corrected chi connectivity index (χ3v) is 2.61. The van der Waals surface area contributed by atoms with Crippen LogP contribution in [0.25, 0.3) is 0 Å². The first kappa shape index (κ1) is 13.6. The number of carbonyl (C=O) groups is 1. The molecule has 3 nitrogen and oxygen atoms in total. The second kappa shape index (κ2) is 6.97. The maximum absolute atomic E-state index is 11.2. The molecule has 1 N–H and O–H groups in total. The first-order valence-corrected chi connectivity index (χ1v) is 5.73. The van der Waals surface area contributed by atoms with E-state index in [0.29, 0.717) is 11.4 Å². The molecule has 1 aromatic rings. The first-order valence-electron chi connectivity index (χ1n) is 5.35. The highest BCUT2D eigenvalue weighted by molar-refractivity contribution is 6.30. The summed E-state index contributed by atoms with van der Waals surface area (Å²) in [6.07, 6.45) is 2.76. The van der Waals surface area contributed by atoms with Gasteiger partial charge in [-0.15, -0.1) is 6.58 Å². The number of hydrogen-bond donors (Lipinski definition) is 1. The topological polar surface area (TPSA) is 38.3 Å². The van der Waals surface area contributed by atoms with Gasteiger partial charge in [-0.2, -0.15) is 0 Å². The van der Waals surface area contributed by atoms with Gasteiger partial charge in [-0.05, 0) is 30.5 Å². The molecule has 1 atom stereocenters. The minimum absolute atomic E-state index is 0.0128. The Hall–Kier alpha value is -1.48. The van der Waals surface area contributed by atoms with E-state index in [1.165, 1.54) is 7.11 Å². The Bertz CT molecular complexity index is 376. The molecule has 17 heavy (non-hydrogen) atoms. The predicted octanol–water partition coefficient (Wildman–Crippen LogP) is 3.18. The van der Waals surface area contributed by atoms with Crippen LogP contribution in [0.4, 0.5) is 4.79 Å². The van der Waals surface area contributed by atoms with Crippen LogP contribution in [0.2, 0.25) is 5.02 Å². The Morgan fingerprint density at radius 3 is 2.71 bits per heavy atom. The van der Waals surface area contributed by atoms with E-state index in [9.17, 15) is 4.79 Å². The van der Waals surface area contributed by atoms with Gasteiger partial charge in [0.15, 0.2) is 0 Å². The van der Waals surface area contributed by atoms with Crippen LogP contribution in [0.1, 0.15) is 12.0 Å². The third kappa shape index (κ3) is 4.91. The smallest absolute Gasteiger partial charge is 0.407 e. The maximum atomic E-state index is 11.2. The minimum Gasteiger partial charge on any atom is -0.453 e. The molecule has 0 heterocycles. The van der Waals surface area contributed by atoms with Gasteiger partial charge in [0.2, 0.25) is 0 Å². The van der Waals surface area contributed by atoms with Crippen LogP contribution >= 0.6 is 11.6 Å². The molecule has 0 aromatic heterocycles. The van der Waals surface area contributed by atoms with Crippen LogP contribution in [0.3, 0.4) is 0 Å². The average Bonchev–Trinajstić information content (AvgIpc) is 2.32. The van der Waals surface area contributed by atoms with Crippen molar-refractivity contribution in [3.63, 3.8) is 0 Å². The zero-order valence-corrected chi connectivity index (χ0v) is 10.5. The van der Waals surface area contributed by atoms with Gasteiger partial charge in [0.1, 0.15) is 0 Å². The summed E-state index contributed by atoms with van der Waals surface area (Å²) in [5.41, 5.74) is 1.11. The zero-order chi connectivity index (χ0) is 12.7. The summed E-state index contributed by atoms with van der Waals surface area (Å²) in [4.78, 5) is 11.2. The largest absolute Gasteiger partial charge is 0.453 e. The summed E-state index contributed by atoms with van der Waals surface area (Å²) in [7, 11) is 1.35. The molecule has 0 spiro atoms. The molecule has 0 fully saturated rings. The van der Waals surface area contributed by atoms with Crippen molar-refractivity contribution in [1.82, 2.24) is 5.32 Å². The molecule has 1 aromatic carbocycles. The number of hydrogen-bond acceptors (Lipinski definition) is 2. The van der Waals surface area contributed by atoms with E-state index in [1.54, 1.807) is 6.08 Å². The fraction of sp³-hybridized carbons (Fsp3) is 0.308. The molecule has 0 aliphatic rings. The van der Waals surface area contributed by atoms with E-state index in [2.05, 4.69) is 16.6 Å². The number of ether oxygens (including phenoxy) is 1. The van der Waals surface area contributed by atoms with E-state index in [-0.39, 0.29) is 6.04 Å². The van der Waals surface area contributed by atoms with Gasteiger partial charge in [-0.25, -0.2) is 4.79 Å². The van der Waals surface area contributed by atoms with Gasteiger partial charge >= 0.3 is 6.09 Å². The normalized spacial score (nSPS) is 11.6. The fourth-order valence-electron chi connectivity index (χ4n) is 1.53. The molecule has 0 bridgehead atoms. The molecule has 4 heteroatoms. The molecule has 0 saturated carbocycles. The van der Waals surface area contributed by atoms with Crippen molar-refractivity contribution in [3.8, 4) is 0 Å². The summed E-state index contributed by atoms with van der Waals surface area (Å²) in [6.45, 7) is 3.68. The van der Waals surface area contributed by atoms with Crippen LogP contribution in [0.5, 0.6) is 0 Å². The lowest BCUT2D eigenvalue weighted by molar-refractivity contribution is 0.166. The van der Waals surface area contributed by atoms with E-state index in [1.807, 2.05) is 24.3 Å². The van der Waals surface area contributed by atoms with Crippen LogP contribution in [-0.4, -0.2) is 19.2 Å². The van der Waals surface area contributed by atoms with Crippen molar-refractivity contribution in [2.75, 3.05) is 7.11 Å². The van der Waals surface area contributed by atoms with Crippen LogP contribution in [0.15, 0.2) is 36.9 Å². The van der Waals surface area contributed by atoms with E-state index in [0.717, 1.165) is 12.0 Å². The number of halogens is 1. The maximum Gasteiger partial charge on any atom is 0.407 e. The van der Waals surface area contributed by atoms with Crippen molar-refractivity contribution in [2.24, 2.45) is 0 Å². The molecule has 0 saturated heterocycles. The molecule has 1 unspecified atom stereocenters. The molecular formula is C13H16ClNO2. The SMILES string of the molecule is C=CCC(Cc1ccc(Cl)cc1)NC(=O)OC. The number of carbonyl (C=O) groups excluding carboxylic acids is 1. The predicted molar refractivity (Wildman–Crippen MR) is 69.3 cm³/mol. The highest BCUT2D eigenvalue weighted by Crippen LogP contribution is 2.12. The Morgan fingerprint density at radius 2 is 2.18 bits per heavy atom. The molecule has 1 amide bonds. The van der Waals surface area contributed by atoms with Crippen molar-refractivity contribution >= 4 is 17.7 Å². The van der Waals surface area contributed by atoms with Gasteiger partial charge in [0, 0.05) is 11.1 Å². The lowest BCUT2D eigenvalue weighted by atomic mass is 10.0. The Morgan fingerprint density at radius 1 is 1.53 bits per heavy atom. The van der Waals surface area contributed by atoms with Crippen LogP contribution < -0.4 is 5.32 Å². The van der Waals surface area contributed by atoms with E-state index < -0.39 is 6.09 Å². The molecular weight excluding hydrogens is 238 g/mol. The Labute approximate surface area is 106 Å². The standard InChI is InChI=1S/C13H16ClNO2/c1-3-4-12(15-13(16)17-2)9-10-5-7-11(14)8-6-10/h3,5-8,12H,1,4,9H2,2H3,(H,15,16).